The van der Waals surface area contributed by atoms with E-state index in [2.05, 4.69) is 16.9 Å². The lowest BCUT2D eigenvalue weighted by Crippen LogP contribution is -2.03. The Kier molecular flexibility index (Phi) is 7.34. The molecule has 0 aliphatic heterocycles. The van der Waals surface area contributed by atoms with Crippen LogP contribution in [0.2, 0.25) is 0 Å². The van der Waals surface area contributed by atoms with Gasteiger partial charge >= 0.3 is 0 Å². The van der Waals surface area contributed by atoms with Gasteiger partial charge in [0.25, 0.3) is 0 Å². The topological polar surface area (TPSA) is 35.0 Å². The molecule has 2 rings (SSSR count). The Hall–Kier alpha value is -1.61. The maximum atomic E-state index is 5.91. The molecule has 0 N–H and O–H groups in total. The largest absolute Gasteiger partial charge is 0.494 e. The van der Waals surface area contributed by atoms with Crippen LogP contribution in [0.3, 0.4) is 0 Å². The average molecular weight is 333 g/mol. The van der Waals surface area contributed by atoms with E-state index in [-0.39, 0.29) is 5.38 Å². The highest BCUT2D eigenvalue weighted by Crippen LogP contribution is 2.20. The van der Waals surface area contributed by atoms with Crippen molar-refractivity contribution in [1.29, 1.82) is 0 Å². The van der Waals surface area contributed by atoms with E-state index in [0.29, 0.717) is 6.61 Å². The van der Waals surface area contributed by atoms with Crippen LogP contribution in [0.4, 0.5) is 0 Å². The van der Waals surface area contributed by atoms with Crippen LogP contribution >= 0.6 is 11.6 Å². The van der Waals surface area contributed by atoms with Gasteiger partial charge in [-0.3, -0.25) is 0 Å². The predicted octanol–water partition coefficient (Wildman–Crippen LogP) is 5.27. The number of alkyl halides is 1. The lowest BCUT2D eigenvalue weighted by molar-refractivity contribution is 0.310. The van der Waals surface area contributed by atoms with E-state index in [4.69, 9.17) is 16.3 Å². The van der Waals surface area contributed by atoms with E-state index in [1.54, 1.807) is 0 Å². The van der Waals surface area contributed by atoms with Gasteiger partial charge in [0.1, 0.15) is 5.75 Å². The summed E-state index contributed by atoms with van der Waals surface area (Å²) in [6.07, 6.45) is 9.45. The van der Waals surface area contributed by atoms with Crippen LogP contribution in [0.1, 0.15) is 45.1 Å². The van der Waals surface area contributed by atoms with Gasteiger partial charge in [0.15, 0.2) is 5.82 Å². The van der Waals surface area contributed by atoms with Crippen molar-refractivity contribution >= 4 is 11.6 Å². The van der Waals surface area contributed by atoms with E-state index < -0.39 is 0 Å². The normalized spacial score (nSPS) is 12.1. The summed E-state index contributed by atoms with van der Waals surface area (Å²) < 4.78 is 5.66. The first kappa shape index (κ1) is 17.7. The van der Waals surface area contributed by atoms with Gasteiger partial charge in [0.05, 0.1) is 6.61 Å². The number of hydrogen-bond acceptors (Lipinski definition) is 3. The minimum atomic E-state index is 0.138. The number of hydrogen-bond donors (Lipinski definition) is 0. The number of aryl methyl sites for hydroxylation is 1. The van der Waals surface area contributed by atoms with Gasteiger partial charge in [-0.2, -0.15) is 0 Å². The fourth-order valence-electron chi connectivity index (χ4n) is 2.25. The van der Waals surface area contributed by atoms with Gasteiger partial charge in [0, 0.05) is 23.3 Å². The van der Waals surface area contributed by atoms with Crippen molar-refractivity contribution in [3.8, 4) is 17.1 Å². The molecule has 0 bridgehead atoms. The molecule has 2 aromatic rings. The highest BCUT2D eigenvalue weighted by atomic mass is 35.5. The van der Waals surface area contributed by atoms with Crippen LogP contribution in [0, 0.1) is 0 Å². The van der Waals surface area contributed by atoms with Gasteiger partial charge in [0.2, 0.25) is 0 Å². The molecule has 3 nitrogen and oxygen atoms in total. The molecule has 1 atom stereocenters. The van der Waals surface area contributed by atoms with Crippen LogP contribution in [-0.4, -0.2) is 22.0 Å². The molecule has 0 saturated heterocycles. The summed E-state index contributed by atoms with van der Waals surface area (Å²) in [4.78, 5) is 8.95. The number of rotatable bonds is 9. The second-order valence-corrected chi connectivity index (χ2v) is 6.56. The van der Waals surface area contributed by atoms with Crippen molar-refractivity contribution in [2.75, 3.05) is 6.61 Å². The molecule has 0 aliphatic rings. The fourth-order valence-corrected chi connectivity index (χ4v) is 2.34. The summed E-state index contributed by atoms with van der Waals surface area (Å²) >= 11 is 5.91. The summed E-state index contributed by atoms with van der Waals surface area (Å²) in [5.74, 6) is 1.60. The summed E-state index contributed by atoms with van der Waals surface area (Å²) in [6, 6.07) is 7.89. The third-order valence-corrected chi connectivity index (χ3v) is 3.89. The van der Waals surface area contributed by atoms with E-state index in [1.807, 2.05) is 43.6 Å². The molecule has 0 amide bonds. The van der Waals surface area contributed by atoms with Crippen LogP contribution in [0.5, 0.6) is 5.75 Å². The van der Waals surface area contributed by atoms with Crippen LogP contribution < -0.4 is 4.74 Å². The minimum Gasteiger partial charge on any atom is -0.494 e. The molecule has 1 heterocycles. The molecule has 4 heteroatoms. The van der Waals surface area contributed by atoms with Crippen molar-refractivity contribution in [2.24, 2.45) is 0 Å². The molecule has 0 spiro atoms. The number of benzene rings is 1. The Labute approximate surface area is 144 Å². The zero-order chi connectivity index (χ0) is 16.5. The number of ether oxygens (including phenoxy) is 1. The first-order valence-electron chi connectivity index (χ1n) is 8.37. The van der Waals surface area contributed by atoms with E-state index >= 15 is 0 Å². The Bertz CT molecular complexity index is 567. The van der Waals surface area contributed by atoms with Crippen molar-refractivity contribution in [3.05, 3.63) is 42.2 Å². The molecule has 0 fully saturated rings. The zero-order valence-corrected chi connectivity index (χ0v) is 14.7. The van der Waals surface area contributed by atoms with Crippen LogP contribution in [0.25, 0.3) is 11.4 Å². The monoisotopic (exact) mass is 332 g/mol. The summed E-state index contributed by atoms with van der Waals surface area (Å²) in [5, 5.41) is 0.138. The van der Waals surface area contributed by atoms with Crippen molar-refractivity contribution in [1.82, 2.24) is 9.97 Å². The standard InChI is InChI=1S/C19H25ClN2O/c1-3-4-5-6-16-13-21-19(22-14-16)17-7-9-18(10-8-17)23-12-11-15(2)20/h7-10,13-15H,3-6,11-12H2,1-2H3. The quantitative estimate of drug-likeness (QED) is 0.463. The van der Waals surface area contributed by atoms with Gasteiger partial charge < -0.3 is 4.74 Å². The Morgan fingerprint density at radius 3 is 2.39 bits per heavy atom. The summed E-state index contributed by atoms with van der Waals surface area (Å²) in [5.41, 5.74) is 2.21. The molecule has 124 valence electrons. The minimum absolute atomic E-state index is 0.138. The Morgan fingerprint density at radius 1 is 1.09 bits per heavy atom. The molecule has 0 aliphatic carbocycles. The molecule has 0 radical (unpaired) electrons. The number of aromatic nitrogens is 2. The second-order valence-electron chi connectivity index (χ2n) is 5.81. The van der Waals surface area contributed by atoms with Crippen molar-refractivity contribution < 1.29 is 4.74 Å². The van der Waals surface area contributed by atoms with Gasteiger partial charge in [-0.05, 0) is 56.0 Å². The lowest BCUT2D eigenvalue weighted by atomic mass is 10.1. The third-order valence-electron chi connectivity index (χ3n) is 3.67. The predicted molar refractivity (Wildman–Crippen MR) is 96.1 cm³/mol. The maximum absolute atomic E-state index is 5.91. The molecule has 1 aromatic carbocycles. The van der Waals surface area contributed by atoms with Crippen molar-refractivity contribution in [3.63, 3.8) is 0 Å². The fraction of sp³-hybridized carbons (Fsp3) is 0.474. The summed E-state index contributed by atoms with van der Waals surface area (Å²) in [6.45, 7) is 4.81. The first-order valence-corrected chi connectivity index (χ1v) is 8.81. The van der Waals surface area contributed by atoms with E-state index in [9.17, 15) is 0 Å². The average Bonchev–Trinajstić information content (AvgIpc) is 2.56. The summed E-state index contributed by atoms with van der Waals surface area (Å²) in [7, 11) is 0. The Balaban J connectivity index is 1.91. The molecule has 1 unspecified atom stereocenters. The first-order chi connectivity index (χ1) is 11.2. The number of nitrogens with zero attached hydrogens (tertiary/aromatic N) is 2. The Morgan fingerprint density at radius 2 is 1.78 bits per heavy atom. The molecular formula is C19H25ClN2O. The third kappa shape index (κ3) is 6.19. The SMILES string of the molecule is CCCCCc1cnc(-c2ccc(OCCC(C)Cl)cc2)nc1. The highest BCUT2D eigenvalue weighted by molar-refractivity contribution is 6.20. The number of halogens is 1. The van der Waals surface area contributed by atoms with E-state index in [0.717, 1.165) is 30.0 Å². The van der Waals surface area contributed by atoms with Gasteiger partial charge in [-0.25, -0.2) is 9.97 Å². The zero-order valence-electron chi connectivity index (χ0n) is 14.0. The molecular weight excluding hydrogens is 308 g/mol. The number of unbranched alkanes of at least 4 members (excludes halogenated alkanes) is 2. The molecule has 23 heavy (non-hydrogen) atoms. The second kappa shape index (κ2) is 9.51. The molecule has 0 saturated carbocycles. The van der Waals surface area contributed by atoms with Gasteiger partial charge in [-0.1, -0.05) is 19.8 Å². The smallest absolute Gasteiger partial charge is 0.159 e. The van der Waals surface area contributed by atoms with Gasteiger partial charge in [-0.15, -0.1) is 11.6 Å². The highest BCUT2D eigenvalue weighted by Gasteiger charge is 2.03. The van der Waals surface area contributed by atoms with Crippen LogP contribution in [-0.2, 0) is 6.42 Å². The molecule has 1 aromatic heterocycles. The lowest BCUT2D eigenvalue weighted by Gasteiger charge is -2.08. The van der Waals surface area contributed by atoms with Crippen molar-refractivity contribution in [2.45, 2.75) is 51.3 Å². The van der Waals surface area contributed by atoms with Crippen LogP contribution in [0.15, 0.2) is 36.7 Å². The maximum Gasteiger partial charge on any atom is 0.159 e. The van der Waals surface area contributed by atoms with E-state index in [1.165, 1.54) is 24.8 Å².